The van der Waals surface area contributed by atoms with E-state index < -0.39 is 0 Å². The molecule has 6 heteroatoms. The second-order valence-electron chi connectivity index (χ2n) is 8.47. The average molecular weight is 420 g/mol. The quantitative estimate of drug-likeness (QED) is 0.443. The summed E-state index contributed by atoms with van der Waals surface area (Å²) in [7, 11) is 1.60. The van der Waals surface area contributed by atoms with E-state index >= 15 is 0 Å². The Bertz CT molecular complexity index is 1130. The van der Waals surface area contributed by atoms with Gasteiger partial charge >= 0.3 is 0 Å². The Morgan fingerprint density at radius 1 is 1.23 bits per heavy atom. The number of carbonyl (C=O) groups is 1. The number of ether oxygens (including phenoxy) is 2. The molecule has 4 rings (SSSR count). The Hall–Kier alpha value is -3.28. The van der Waals surface area contributed by atoms with E-state index in [0.29, 0.717) is 23.0 Å². The summed E-state index contributed by atoms with van der Waals surface area (Å²) < 4.78 is 11.1. The first kappa shape index (κ1) is 21.0. The molecular formula is C25H29N3O3. The number of hydrogen-bond acceptors (Lipinski definition) is 4. The molecule has 2 N–H and O–H groups in total. The van der Waals surface area contributed by atoms with E-state index in [-0.39, 0.29) is 12.0 Å². The molecule has 0 saturated heterocycles. The van der Waals surface area contributed by atoms with Gasteiger partial charge in [0, 0.05) is 22.2 Å². The number of nitrogens with one attached hydrogen (secondary N) is 2. The monoisotopic (exact) mass is 419 g/mol. The first-order valence-electron chi connectivity index (χ1n) is 10.8. The Kier molecular flexibility index (Phi) is 5.98. The SMILES string of the molecule is COc1cc(/C=N\NC(=O)c2ccc3[nH]c4c(c3c2)CC(C)CC4)ccc1OC(C)C. The Balaban J connectivity index is 1.48. The molecule has 0 fully saturated rings. The molecule has 31 heavy (non-hydrogen) atoms. The molecule has 1 atom stereocenters. The van der Waals surface area contributed by atoms with Gasteiger partial charge in [0.15, 0.2) is 11.5 Å². The number of carbonyl (C=O) groups excluding carboxylic acids is 1. The number of nitrogens with zero attached hydrogens (tertiary/aromatic N) is 1. The van der Waals surface area contributed by atoms with E-state index in [9.17, 15) is 4.79 Å². The Morgan fingerprint density at radius 2 is 2.06 bits per heavy atom. The molecule has 1 aromatic heterocycles. The van der Waals surface area contributed by atoms with E-state index in [1.165, 1.54) is 17.7 Å². The highest BCUT2D eigenvalue weighted by Crippen LogP contribution is 2.32. The molecule has 0 aliphatic heterocycles. The van der Waals surface area contributed by atoms with Gasteiger partial charge in [-0.2, -0.15) is 5.10 Å². The molecule has 162 valence electrons. The third-order valence-electron chi connectivity index (χ3n) is 5.63. The number of methoxy groups -OCH3 is 1. The second kappa shape index (κ2) is 8.84. The topological polar surface area (TPSA) is 75.7 Å². The fourth-order valence-corrected chi connectivity index (χ4v) is 4.08. The molecule has 1 amide bonds. The molecular weight excluding hydrogens is 390 g/mol. The molecule has 1 unspecified atom stereocenters. The largest absolute Gasteiger partial charge is 0.493 e. The number of aryl methyl sites for hydroxylation is 1. The molecule has 0 radical (unpaired) electrons. The van der Waals surface area contributed by atoms with E-state index in [1.807, 2.05) is 50.2 Å². The molecule has 0 bridgehead atoms. The van der Waals surface area contributed by atoms with E-state index in [0.717, 1.165) is 29.3 Å². The lowest BCUT2D eigenvalue weighted by Crippen LogP contribution is -2.17. The third kappa shape index (κ3) is 4.58. The van der Waals surface area contributed by atoms with E-state index in [4.69, 9.17) is 9.47 Å². The van der Waals surface area contributed by atoms with Crippen molar-refractivity contribution in [2.24, 2.45) is 11.0 Å². The van der Waals surface area contributed by atoms with Gasteiger partial charge in [-0.15, -0.1) is 0 Å². The standard InChI is InChI=1S/C25H29N3O3/c1-15(2)31-23-10-6-17(12-24(23)30-4)14-26-28-25(29)18-7-9-22-20(13-18)19-11-16(3)5-8-21(19)27-22/h6-7,9-10,12-16,27H,5,8,11H2,1-4H3,(H,28,29)/b26-14-. The lowest BCUT2D eigenvalue weighted by molar-refractivity contribution is 0.0955. The fraction of sp³-hybridized carbons (Fsp3) is 0.360. The normalized spacial score (nSPS) is 16.0. The van der Waals surface area contributed by atoms with Gasteiger partial charge in [0.05, 0.1) is 19.4 Å². The Labute approximate surface area is 182 Å². The van der Waals surface area contributed by atoms with Crippen LogP contribution in [0.5, 0.6) is 11.5 Å². The number of hydrazone groups is 1. The smallest absolute Gasteiger partial charge is 0.271 e. The van der Waals surface area contributed by atoms with Crippen LogP contribution >= 0.6 is 0 Å². The predicted molar refractivity (Wildman–Crippen MR) is 123 cm³/mol. The first-order chi connectivity index (χ1) is 14.9. The molecule has 0 spiro atoms. The summed E-state index contributed by atoms with van der Waals surface area (Å²) in [6, 6.07) is 11.3. The average Bonchev–Trinajstić information content (AvgIpc) is 3.11. The molecule has 3 aromatic rings. The highest BCUT2D eigenvalue weighted by Gasteiger charge is 2.20. The van der Waals surface area contributed by atoms with Crippen molar-refractivity contribution in [3.05, 3.63) is 58.8 Å². The van der Waals surface area contributed by atoms with Crippen LogP contribution < -0.4 is 14.9 Å². The van der Waals surface area contributed by atoms with Crippen LogP contribution in [0.2, 0.25) is 0 Å². The number of aromatic nitrogens is 1. The minimum Gasteiger partial charge on any atom is -0.493 e. The summed E-state index contributed by atoms with van der Waals surface area (Å²) in [6.07, 6.45) is 4.98. The molecule has 2 aromatic carbocycles. The van der Waals surface area contributed by atoms with Crippen LogP contribution in [0, 0.1) is 5.92 Å². The molecule has 1 heterocycles. The minimum atomic E-state index is -0.233. The van der Waals surface area contributed by atoms with Crippen molar-refractivity contribution in [3.8, 4) is 11.5 Å². The number of benzene rings is 2. The maximum absolute atomic E-state index is 12.7. The third-order valence-corrected chi connectivity index (χ3v) is 5.63. The van der Waals surface area contributed by atoms with E-state index in [1.54, 1.807) is 13.3 Å². The summed E-state index contributed by atoms with van der Waals surface area (Å²) in [6.45, 7) is 6.21. The zero-order chi connectivity index (χ0) is 22.0. The van der Waals surface area contributed by atoms with Crippen LogP contribution in [0.25, 0.3) is 10.9 Å². The van der Waals surface area contributed by atoms with Gasteiger partial charge in [-0.3, -0.25) is 4.79 Å². The number of H-pyrrole nitrogens is 1. The number of fused-ring (bicyclic) bond motifs is 3. The number of hydrogen-bond donors (Lipinski definition) is 2. The number of amides is 1. The van der Waals surface area contributed by atoms with Crippen molar-refractivity contribution in [2.75, 3.05) is 7.11 Å². The van der Waals surface area contributed by atoms with Crippen molar-refractivity contribution in [2.45, 2.75) is 46.1 Å². The predicted octanol–water partition coefficient (Wildman–Crippen LogP) is 4.85. The maximum atomic E-state index is 12.7. The van der Waals surface area contributed by atoms with E-state index in [2.05, 4.69) is 22.4 Å². The lowest BCUT2D eigenvalue weighted by atomic mass is 9.87. The summed E-state index contributed by atoms with van der Waals surface area (Å²) in [4.78, 5) is 16.2. The van der Waals surface area contributed by atoms with Gasteiger partial charge in [0.25, 0.3) is 5.91 Å². The van der Waals surface area contributed by atoms with Crippen LogP contribution in [-0.2, 0) is 12.8 Å². The highest BCUT2D eigenvalue weighted by molar-refractivity contribution is 5.99. The van der Waals surface area contributed by atoms with Crippen molar-refractivity contribution in [1.82, 2.24) is 10.4 Å². The molecule has 1 aliphatic rings. The summed E-state index contributed by atoms with van der Waals surface area (Å²) in [5.74, 6) is 1.74. The minimum absolute atomic E-state index is 0.0545. The zero-order valence-electron chi connectivity index (χ0n) is 18.5. The molecule has 1 aliphatic carbocycles. The van der Waals surface area contributed by atoms with Crippen LogP contribution in [-0.4, -0.2) is 30.3 Å². The molecule has 0 saturated carbocycles. The highest BCUT2D eigenvalue weighted by atomic mass is 16.5. The Morgan fingerprint density at radius 3 is 2.84 bits per heavy atom. The number of aromatic amines is 1. The van der Waals surface area contributed by atoms with Gasteiger partial charge in [-0.25, -0.2) is 5.43 Å². The first-order valence-corrected chi connectivity index (χ1v) is 10.8. The molecule has 6 nitrogen and oxygen atoms in total. The van der Waals surface area contributed by atoms with Gasteiger partial charge in [0.1, 0.15) is 0 Å². The second-order valence-corrected chi connectivity index (χ2v) is 8.47. The van der Waals surface area contributed by atoms with Crippen LogP contribution in [0.3, 0.4) is 0 Å². The summed E-state index contributed by atoms with van der Waals surface area (Å²) in [5.41, 5.74) is 7.78. The van der Waals surface area contributed by atoms with Crippen LogP contribution in [0.1, 0.15) is 54.4 Å². The number of rotatable bonds is 6. The van der Waals surface area contributed by atoms with Crippen molar-refractivity contribution < 1.29 is 14.3 Å². The fourth-order valence-electron chi connectivity index (χ4n) is 4.08. The lowest BCUT2D eigenvalue weighted by Gasteiger charge is -2.18. The van der Waals surface area contributed by atoms with Crippen LogP contribution in [0.15, 0.2) is 41.5 Å². The van der Waals surface area contributed by atoms with Crippen molar-refractivity contribution >= 4 is 23.0 Å². The van der Waals surface area contributed by atoms with Crippen molar-refractivity contribution in [3.63, 3.8) is 0 Å². The van der Waals surface area contributed by atoms with Gasteiger partial charge < -0.3 is 14.5 Å². The van der Waals surface area contributed by atoms with Gasteiger partial charge in [-0.1, -0.05) is 6.92 Å². The van der Waals surface area contributed by atoms with Gasteiger partial charge in [-0.05, 0) is 86.6 Å². The summed E-state index contributed by atoms with van der Waals surface area (Å²) >= 11 is 0. The summed E-state index contributed by atoms with van der Waals surface area (Å²) in [5, 5.41) is 5.26. The van der Waals surface area contributed by atoms with Gasteiger partial charge in [0.2, 0.25) is 0 Å². The van der Waals surface area contributed by atoms with Crippen molar-refractivity contribution in [1.29, 1.82) is 0 Å². The maximum Gasteiger partial charge on any atom is 0.271 e. The van der Waals surface area contributed by atoms with Crippen LogP contribution in [0.4, 0.5) is 0 Å². The zero-order valence-corrected chi connectivity index (χ0v) is 18.5.